The van der Waals surface area contributed by atoms with Crippen LogP contribution in [0, 0.1) is 12.8 Å². The quantitative estimate of drug-likeness (QED) is 0.580. The molecule has 0 spiro atoms. The van der Waals surface area contributed by atoms with Crippen LogP contribution in [0.4, 0.5) is 0 Å². The van der Waals surface area contributed by atoms with E-state index in [0.717, 1.165) is 41.8 Å². The Kier molecular flexibility index (Phi) is 3.65. The van der Waals surface area contributed by atoms with Gasteiger partial charge in [-0.05, 0) is 66.3 Å². The first-order chi connectivity index (χ1) is 12.7. The van der Waals surface area contributed by atoms with E-state index in [2.05, 4.69) is 37.6 Å². The molecule has 3 heterocycles. The molecule has 1 aliphatic carbocycles. The van der Waals surface area contributed by atoms with Crippen LogP contribution in [0.3, 0.4) is 0 Å². The lowest BCUT2D eigenvalue weighted by atomic mass is 10.2. The number of nitrogens with zero attached hydrogens (tertiary/aromatic N) is 4. The molecule has 1 unspecified atom stereocenters. The maximum absolute atomic E-state index is 6.17. The number of thiophene rings is 1. The van der Waals surface area contributed by atoms with Crippen molar-refractivity contribution in [3.63, 3.8) is 0 Å². The molecule has 3 aromatic heterocycles. The van der Waals surface area contributed by atoms with Gasteiger partial charge in [0.15, 0.2) is 5.82 Å². The summed E-state index contributed by atoms with van der Waals surface area (Å²) in [5, 5.41) is 8.34. The van der Waals surface area contributed by atoms with Crippen LogP contribution in [0.2, 0.25) is 0 Å². The lowest BCUT2D eigenvalue weighted by Crippen LogP contribution is -2.13. The minimum Gasteiger partial charge on any atom is -0.334 e. The van der Waals surface area contributed by atoms with Crippen LogP contribution in [0.5, 0.6) is 0 Å². The van der Waals surface area contributed by atoms with Gasteiger partial charge in [0.05, 0.1) is 23.6 Å². The number of hydrogen-bond donors (Lipinski definition) is 1. The highest BCUT2D eigenvalue weighted by Gasteiger charge is 2.32. The van der Waals surface area contributed by atoms with Crippen molar-refractivity contribution in [2.45, 2.75) is 32.4 Å². The molecule has 0 aliphatic heterocycles. The molecule has 0 radical (unpaired) electrons. The predicted octanol–water partition coefficient (Wildman–Crippen LogP) is 3.91. The molecule has 1 atom stereocenters. The van der Waals surface area contributed by atoms with E-state index in [1.54, 1.807) is 11.3 Å². The second-order valence-electron chi connectivity index (χ2n) is 6.90. The van der Waals surface area contributed by atoms with Gasteiger partial charge in [-0.15, -0.1) is 0 Å². The highest BCUT2D eigenvalue weighted by molar-refractivity contribution is 7.07. The third-order valence-corrected chi connectivity index (χ3v) is 5.71. The van der Waals surface area contributed by atoms with Gasteiger partial charge in [0, 0.05) is 5.56 Å². The van der Waals surface area contributed by atoms with E-state index in [4.69, 9.17) is 15.2 Å². The molecule has 2 N–H and O–H groups in total. The Hall–Kier alpha value is -2.51. The summed E-state index contributed by atoms with van der Waals surface area (Å²) in [6.07, 6.45) is 2.30. The molecule has 5 rings (SSSR count). The summed E-state index contributed by atoms with van der Waals surface area (Å²) in [7, 11) is 0. The zero-order chi connectivity index (χ0) is 17.7. The molecule has 6 nitrogen and oxygen atoms in total. The van der Waals surface area contributed by atoms with Crippen molar-refractivity contribution < 1.29 is 4.52 Å². The van der Waals surface area contributed by atoms with Gasteiger partial charge in [0.1, 0.15) is 5.82 Å². The van der Waals surface area contributed by atoms with Crippen molar-refractivity contribution in [2.24, 2.45) is 11.7 Å². The summed E-state index contributed by atoms with van der Waals surface area (Å²) in [5.41, 5.74) is 10.4. The second kappa shape index (κ2) is 6.03. The predicted molar refractivity (Wildman–Crippen MR) is 101 cm³/mol. The number of fused-ring (bicyclic) bond motifs is 1. The fourth-order valence-electron chi connectivity index (χ4n) is 3.30. The number of imidazole rings is 1. The third-order valence-electron chi connectivity index (χ3n) is 4.98. The number of rotatable bonds is 5. The number of nitrogens with two attached hydrogens (primary N) is 1. The Labute approximate surface area is 154 Å². The van der Waals surface area contributed by atoms with Crippen LogP contribution in [-0.4, -0.2) is 19.7 Å². The summed E-state index contributed by atoms with van der Waals surface area (Å²) in [6, 6.07) is 8.11. The highest BCUT2D eigenvalue weighted by atomic mass is 32.1. The van der Waals surface area contributed by atoms with E-state index >= 15 is 0 Å². The van der Waals surface area contributed by atoms with Gasteiger partial charge >= 0.3 is 0 Å². The molecule has 7 heteroatoms. The Morgan fingerprint density at radius 1 is 1.31 bits per heavy atom. The largest absolute Gasteiger partial charge is 0.334 e. The minimum absolute atomic E-state index is 0.122. The van der Waals surface area contributed by atoms with Crippen LogP contribution in [0.1, 0.15) is 36.1 Å². The Bertz CT molecular complexity index is 1060. The maximum Gasteiger partial charge on any atom is 0.258 e. The maximum atomic E-state index is 6.17. The van der Waals surface area contributed by atoms with Crippen LogP contribution >= 0.6 is 11.3 Å². The van der Waals surface area contributed by atoms with E-state index in [9.17, 15) is 0 Å². The van der Waals surface area contributed by atoms with Crippen molar-refractivity contribution in [2.75, 3.05) is 0 Å². The van der Waals surface area contributed by atoms with Crippen LogP contribution in [0.25, 0.3) is 22.5 Å². The summed E-state index contributed by atoms with van der Waals surface area (Å²) in [5.74, 6) is 2.59. The van der Waals surface area contributed by atoms with Gasteiger partial charge in [0.25, 0.3) is 5.89 Å². The smallest absolute Gasteiger partial charge is 0.258 e. The fraction of sp³-hybridized carbons (Fsp3) is 0.316. The second-order valence-corrected chi connectivity index (χ2v) is 7.68. The normalized spacial score (nSPS) is 15.6. The van der Waals surface area contributed by atoms with Gasteiger partial charge in [-0.3, -0.25) is 0 Å². The summed E-state index contributed by atoms with van der Waals surface area (Å²) < 4.78 is 7.67. The lowest BCUT2D eigenvalue weighted by molar-refractivity contribution is 0.411. The summed E-state index contributed by atoms with van der Waals surface area (Å²) in [4.78, 5) is 9.21. The first-order valence-electron chi connectivity index (χ1n) is 8.76. The Balaban J connectivity index is 1.48. The molecule has 132 valence electrons. The molecule has 1 aromatic carbocycles. The standard InChI is InChI=1S/C19H19N5OS/c1-11-21-15-8-14(19-22-18(23-25-19)17(20)13-2-3-13)4-5-16(15)24(11)9-12-6-7-26-10-12/h4-8,10,13,17H,2-3,9,20H2,1H3. The first-order valence-corrected chi connectivity index (χ1v) is 9.71. The molecule has 0 bridgehead atoms. The average molecular weight is 365 g/mol. The van der Waals surface area contributed by atoms with E-state index < -0.39 is 0 Å². The van der Waals surface area contributed by atoms with Crippen molar-refractivity contribution in [3.05, 3.63) is 52.2 Å². The first kappa shape index (κ1) is 15.7. The Morgan fingerprint density at radius 2 is 2.19 bits per heavy atom. The average Bonchev–Trinajstić information content (AvgIpc) is 3.05. The van der Waals surface area contributed by atoms with Gasteiger partial charge in [0.2, 0.25) is 0 Å². The zero-order valence-corrected chi connectivity index (χ0v) is 15.2. The van der Waals surface area contributed by atoms with Gasteiger partial charge in [-0.25, -0.2) is 4.98 Å². The lowest BCUT2D eigenvalue weighted by Gasteiger charge is -2.05. The van der Waals surface area contributed by atoms with Crippen molar-refractivity contribution in [3.8, 4) is 11.5 Å². The van der Waals surface area contributed by atoms with Crippen molar-refractivity contribution >= 4 is 22.4 Å². The zero-order valence-electron chi connectivity index (χ0n) is 14.4. The van der Waals surface area contributed by atoms with E-state index in [0.29, 0.717) is 17.6 Å². The van der Waals surface area contributed by atoms with Gasteiger partial charge < -0.3 is 14.8 Å². The molecule has 0 amide bonds. The van der Waals surface area contributed by atoms with Gasteiger partial charge in [-0.2, -0.15) is 16.3 Å². The molecule has 4 aromatic rings. The van der Waals surface area contributed by atoms with Crippen LogP contribution in [-0.2, 0) is 6.54 Å². The van der Waals surface area contributed by atoms with Crippen molar-refractivity contribution in [1.82, 2.24) is 19.7 Å². The molecular formula is C19H19N5OS. The SMILES string of the molecule is Cc1nc2cc(-c3nc(C(N)C4CC4)no3)ccc2n1Cc1ccsc1. The third kappa shape index (κ3) is 2.73. The number of hydrogen-bond acceptors (Lipinski definition) is 6. The Morgan fingerprint density at radius 3 is 2.96 bits per heavy atom. The molecular weight excluding hydrogens is 346 g/mol. The highest BCUT2D eigenvalue weighted by Crippen LogP contribution is 2.38. The summed E-state index contributed by atoms with van der Waals surface area (Å²) >= 11 is 1.71. The molecule has 1 fully saturated rings. The minimum atomic E-state index is -0.122. The molecule has 0 saturated heterocycles. The molecule has 1 saturated carbocycles. The van der Waals surface area contributed by atoms with E-state index in [1.807, 2.05) is 19.1 Å². The number of aryl methyl sites for hydroxylation is 1. The van der Waals surface area contributed by atoms with Crippen molar-refractivity contribution in [1.29, 1.82) is 0 Å². The summed E-state index contributed by atoms with van der Waals surface area (Å²) in [6.45, 7) is 2.86. The van der Waals surface area contributed by atoms with E-state index in [1.165, 1.54) is 5.56 Å². The number of aromatic nitrogens is 4. The van der Waals surface area contributed by atoms with E-state index in [-0.39, 0.29) is 6.04 Å². The topological polar surface area (TPSA) is 82.8 Å². The monoisotopic (exact) mass is 365 g/mol. The fourth-order valence-corrected chi connectivity index (χ4v) is 3.96. The number of benzene rings is 1. The van der Waals surface area contributed by atoms with Crippen LogP contribution < -0.4 is 5.73 Å². The molecule has 1 aliphatic rings. The van der Waals surface area contributed by atoms with Gasteiger partial charge in [-0.1, -0.05) is 5.16 Å². The molecule has 26 heavy (non-hydrogen) atoms. The van der Waals surface area contributed by atoms with Crippen LogP contribution in [0.15, 0.2) is 39.5 Å².